The van der Waals surface area contributed by atoms with Gasteiger partial charge in [-0.3, -0.25) is 4.79 Å². The van der Waals surface area contributed by atoms with Gasteiger partial charge < -0.3 is 24.9 Å². The zero-order valence-electron chi connectivity index (χ0n) is 19.2. The maximum atomic E-state index is 12.5. The highest BCUT2D eigenvalue weighted by molar-refractivity contribution is 5.96. The highest BCUT2D eigenvalue weighted by Gasteiger charge is 2.49. The number of fused-ring (bicyclic) bond motifs is 3. The van der Waals surface area contributed by atoms with Gasteiger partial charge in [-0.15, -0.1) is 0 Å². The minimum Gasteiger partial charge on any atom is -0.480 e. The number of benzene rings is 2. The molecule has 35 heavy (non-hydrogen) atoms. The number of carboxylic acid groups (broad SMARTS) is 1. The fourth-order valence-corrected chi connectivity index (χ4v) is 4.69. The topological polar surface area (TPSA) is 118 Å². The van der Waals surface area contributed by atoms with E-state index in [9.17, 15) is 19.5 Å². The van der Waals surface area contributed by atoms with Crippen LogP contribution < -0.4 is 10.6 Å². The number of hydrogen-bond donors (Lipinski definition) is 3. The smallest absolute Gasteiger partial charge is 0.407 e. The first-order chi connectivity index (χ1) is 16.9. The van der Waals surface area contributed by atoms with E-state index in [4.69, 9.17) is 9.15 Å². The lowest BCUT2D eigenvalue weighted by Crippen LogP contribution is -2.53. The number of nitrogens with one attached hydrogen (secondary N) is 2. The molecule has 0 spiro atoms. The van der Waals surface area contributed by atoms with E-state index in [1.54, 1.807) is 6.07 Å². The molecule has 2 aliphatic carbocycles. The summed E-state index contributed by atoms with van der Waals surface area (Å²) >= 11 is 0. The highest BCUT2D eigenvalue weighted by atomic mass is 16.5. The molecule has 1 unspecified atom stereocenters. The lowest BCUT2D eigenvalue weighted by molar-refractivity contribution is -0.144. The SMILES string of the molecule is CC(NC(=O)c1ccc(CNC(=O)OCC2c3ccccc3-c3ccccc32)o1)(C(=O)O)C1CC1. The molecule has 1 atom stereocenters. The van der Waals surface area contributed by atoms with Crippen molar-refractivity contribution in [3.05, 3.63) is 83.3 Å². The number of carbonyl (C=O) groups excluding carboxylic acids is 2. The van der Waals surface area contributed by atoms with E-state index in [1.807, 2.05) is 24.3 Å². The van der Waals surface area contributed by atoms with Crippen LogP contribution >= 0.6 is 0 Å². The first kappa shape index (κ1) is 22.7. The van der Waals surface area contributed by atoms with Crippen LogP contribution in [-0.4, -0.2) is 35.2 Å². The van der Waals surface area contributed by atoms with E-state index in [0.717, 1.165) is 35.1 Å². The molecule has 8 nitrogen and oxygen atoms in total. The second-order valence-electron chi connectivity index (χ2n) is 9.18. The van der Waals surface area contributed by atoms with Crippen LogP contribution in [0.5, 0.6) is 0 Å². The maximum absolute atomic E-state index is 12.5. The van der Waals surface area contributed by atoms with Crippen molar-refractivity contribution < 1.29 is 28.6 Å². The summed E-state index contributed by atoms with van der Waals surface area (Å²) in [5, 5.41) is 14.7. The zero-order chi connectivity index (χ0) is 24.6. The molecule has 1 heterocycles. The first-order valence-electron chi connectivity index (χ1n) is 11.6. The zero-order valence-corrected chi connectivity index (χ0v) is 19.2. The van der Waals surface area contributed by atoms with Crippen LogP contribution in [0.2, 0.25) is 0 Å². The summed E-state index contributed by atoms with van der Waals surface area (Å²) in [7, 11) is 0. The fraction of sp³-hybridized carbons (Fsp3) is 0.296. The Morgan fingerprint density at radius 1 is 1.00 bits per heavy atom. The molecule has 2 amide bonds. The summed E-state index contributed by atoms with van der Waals surface area (Å²) < 4.78 is 11.0. The number of hydrogen-bond acceptors (Lipinski definition) is 5. The predicted molar refractivity (Wildman–Crippen MR) is 127 cm³/mol. The van der Waals surface area contributed by atoms with Crippen LogP contribution in [0.3, 0.4) is 0 Å². The van der Waals surface area contributed by atoms with Gasteiger partial charge in [0, 0.05) is 5.92 Å². The second-order valence-corrected chi connectivity index (χ2v) is 9.18. The summed E-state index contributed by atoms with van der Waals surface area (Å²) in [6, 6.07) is 19.2. The monoisotopic (exact) mass is 474 g/mol. The minimum atomic E-state index is -1.33. The van der Waals surface area contributed by atoms with E-state index < -0.39 is 23.5 Å². The van der Waals surface area contributed by atoms with Crippen molar-refractivity contribution in [1.82, 2.24) is 10.6 Å². The average Bonchev–Trinajstić information content (AvgIpc) is 3.53. The van der Waals surface area contributed by atoms with Crippen molar-refractivity contribution in [2.24, 2.45) is 5.92 Å². The Hall–Kier alpha value is -4.07. The lowest BCUT2D eigenvalue weighted by Gasteiger charge is -2.25. The molecule has 0 radical (unpaired) electrons. The van der Waals surface area contributed by atoms with Gasteiger partial charge in [0.05, 0.1) is 6.54 Å². The van der Waals surface area contributed by atoms with Crippen molar-refractivity contribution in [2.75, 3.05) is 6.61 Å². The molecule has 0 bridgehead atoms. The molecule has 8 heteroatoms. The van der Waals surface area contributed by atoms with Gasteiger partial charge in [-0.1, -0.05) is 48.5 Å². The van der Waals surface area contributed by atoms with Crippen molar-refractivity contribution in [3.63, 3.8) is 0 Å². The number of alkyl carbamates (subject to hydrolysis) is 1. The quantitative estimate of drug-likeness (QED) is 0.448. The molecule has 180 valence electrons. The molecule has 3 N–H and O–H groups in total. The number of ether oxygens (including phenoxy) is 1. The first-order valence-corrected chi connectivity index (χ1v) is 11.6. The van der Waals surface area contributed by atoms with Crippen LogP contribution in [-0.2, 0) is 16.1 Å². The highest BCUT2D eigenvalue weighted by Crippen LogP contribution is 2.44. The van der Waals surface area contributed by atoms with Crippen molar-refractivity contribution in [3.8, 4) is 11.1 Å². The van der Waals surface area contributed by atoms with Crippen molar-refractivity contribution in [1.29, 1.82) is 0 Å². The van der Waals surface area contributed by atoms with Crippen LogP contribution in [0, 0.1) is 5.92 Å². The van der Waals surface area contributed by atoms with Gasteiger partial charge in [-0.25, -0.2) is 9.59 Å². The summed E-state index contributed by atoms with van der Waals surface area (Å²) in [6.45, 7) is 1.73. The van der Waals surface area contributed by atoms with E-state index >= 15 is 0 Å². The summed E-state index contributed by atoms with van der Waals surface area (Å²) in [5.41, 5.74) is 3.23. The number of carboxylic acids is 1. The standard InChI is InChI=1S/C27H26N2O6/c1-27(25(31)32,16-10-11-16)29-24(30)23-13-12-17(35-23)14-28-26(33)34-15-22-20-8-4-2-6-18(20)19-7-3-5-9-21(19)22/h2-9,12-13,16,22H,10-11,14-15H2,1H3,(H,28,33)(H,29,30)(H,31,32). The third kappa shape index (κ3) is 4.39. The molecule has 2 aromatic carbocycles. The summed E-state index contributed by atoms with van der Waals surface area (Å²) in [5.74, 6) is -1.46. The third-order valence-electron chi connectivity index (χ3n) is 6.85. The van der Waals surface area contributed by atoms with Crippen LogP contribution in [0.4, 0.5) is 4.79 Å². The number of amides is 2. The Labute approximate surface area is 202 Å². The molecular formula is C27H26N2O6. The molecule has 3 aromatic rings. The van der Waals surface area contributed by atoms with Gasteiger partial charge in [0.15, 0.2) is 5.76 Å². The number of furan rings is 1. The minimum absolute atomic E-state index is 0.0116. The van der Waals surface area contributed by atoms with Gasteiger partial charge in [-0.2, -0.15) is 0 Å². The van der Waals surface area contributed by atoms with Gasteiger partial charge in [-0.05, 0) is 60.1 Å². The van der Waals surface area contributed by atoms with E-state index in [1.165, 1.54) is 13.0 Å². The maximum Gasteiger partial charge on any atom is 0.407 e. The van der Waals surface area contributed by atoms with Crippen LogP contribution in [0.1, 0.15) is 53.1 Å². The Bertz CT molecular complexity index is 1250. The Kier molecular flexibility index (Phi) is 5.80. The number of rotatable bonds is 8. The van der Waals surface area contributed by atoms with Crippen LogP contribution in [0.15, 0.2) is 65.1 Å². The van der Waals surface area contributed by atoms with Gasteiger partial charge >= 0.3 is 12.1 Å². The molecule has 2 aliphatic rings. The molecule has 1 saturated carbocycles. The normalized spacial score (nSPS) is 16.0. The lowest BCUT2D eigenvalue weighted by atomic mass is 9.96. The van der Waals surface area contributed by atoms with E-state index in [-0.39, 0.29) is 30.7 Å². The largest absolute Gasteiger partial charge is 0.480 e. The molecule has 5 rings (SSSR count). The van der Waals surface area contributed by atoms with Gasteiger partial charge in [0.1, 0.15) is 17.9 Å². The van der Waals surface area contributed by atoms with Crippen molar-refractivity contribution >= 4 is 18.0 Å². The average molecular weight is 475 g/mol. The Morgan fingerprint density at radius 3 is 2.23 bits per heavy atom. The van der Waals surface area contributed by atoms with E-state index in [0.29, 0.717) is 5.76 Å². The molecule has 0 saturated heterocycles. The molecular weight excluding hydrogens is 448 g/mol. The number of carbonyl (C=O) groups is 3. The fourth-order valence-electron chi connectivity index (χ4n) is 4.69. The second kappa shape index (κ2) is 8.94. The van der Waals surface area contributed by atoms with Gasteiger partial charge in [0.25, 0.3) is 5.91 Å². The van der Waals surface area contributed by atoms with E-state index in [2.05, 4.69) is 34.9 Å². The Balaban J connectivity index is 1.16. The van der Waals surface area contributed by atoms with Crippen molar-refractivity contribution in [2.45, 2.75) is 37.8 Å². The van der Waals surface area contributed by atoms with Gasteiger partial charge in [0.2, 0.25) is 0 Å². The number of aliphatic carboxylic acids is 1. The molecule has 1 fully saturated rings. The predicted octanol–water partition coefficient (Wildman–Crippen LogP) is 4.30. The molecule has 1 aromatic heterocycles. The third-order valence-corrected chi connectivity index (χ3v) is 6.85. The molecule has 0 aliphatic heterocycles. The Morgan fingerprint density at radius 2 is 1.63 bits per heavy atom. The van der Waals surface area contributed by atoms with Crippen LogP contribution in [0.25, 0.3) is 11.1 Å². The summed E-state index contributed by atoms with van der Waals surface area (Å²) in [4.78, 5) is 36.5. The summed E-state index contributed by atoms with van der Waals surface area (Å²) in [6.07, 6.45) is 0.925.